The van der Waals surface area contributed by atoms with Crippen LogP contribution in [0.25, 0.3) is 0 Å². The number of allylic oxidation sites excluding steroid dienone is 13. The van der Waals surface area contributed by atoms with Crippen LogP contribution in [0.1, 0.15) is 265 Å². The summed E-state index contributed by atoms with van der Waals surface area (Å²) in [5.41, 5.74) is 0. The van der Waals surface area contributed by atoms with E-state index in [0.29, 0.717) is 12.8 Å². The van der Waals surface area contributed by atoms with E-state index in [1.165, 1.54) is 116 Å². The van der Waals surface area contributed by atoms with E-state index in [9.17, 15) is 35.1 Å². The second-order valence-corrected chi connectivity index (χ2v) is 21.8. The predicted octanol–water partition coefficient (Wildman–Crippen LogP) is 15.3. The Hall–Kier alpha value is -3.16. The monoisotopic (exact) mass is 1100 g/mol. The van der Waals surface area contributed by atoms with Gasteiger partial charge in [0, 0.05) is 6.42 Å². The molecule has 78 heavy (non-hydrogen) atoms. The van der Waals surface area contributed by atoms with Crippen LogP contribution in [0.15, 0.2) is 85.1 Å². The van der Waals surface area contributed by atoms with Crippen molar-refractivity contribution in [1.82, 2.24) is 5.32 Å². The summed E-state index contributed by atoms with van der Waals surface area (Å²) in [7, 11) is 0. The lowest BCUT2D eigenvalue weighted by Gasteiger charge is -2.41. The summed E-state index contributed by atoms with van der Waals surface area (Å²) >= 11 is 0. The van der Waals surface area contributed by atoms with Gasteiger partial charge in [-0.25, -0.2) is 0 Å². The Bertz CT molecular complexity index is 1590. The van der Waals surface area contributed by atoms with Gasteiger partial charge in [-0.3, -0.25) is 9.59 Å². The minimum absolute atomic E-state index is 0.0911. The average molecular weight is 1100 g/mol. The number of unbranched alkanes of at least 4 members (excludes halogenated alkanes) is 27. The molecule has 8 unspecified atom stereocenters. The number of carbonyl (C=O) groups is 2. The largest absolute Gasteiger partial charge is 0.454 e. The molecule has 0 aliphatic carbocycles. The molecule has 0 spiro atoms. The fraction of sp³-hybridized carbons (Fsp3) is 0.761. The number of ether oxygens (including phenoxy) is 3. The fourth-order valence-corrected chi connectivity index (χ4v) is 9.54. The van der Waals surface area contributed by atoms with Crippen molar-refractivity contribution in [2.45, 2.75) is 314 Å². The van der Waals surface area contributed by atoms with E-state index in [-0.39, 0.29) is 19.4 Å². The van der Waals surface area contributed by atoms with E-state index in [1.807, 2.05) is 6.08 Å². The maximum absolute atomic E-state index is 13.4. The molecule has 11 nitrogen and oxygen atoms in total. The molecule has 6 N–H and O–H groups in total. The lowest BCUT2D eigenvalue weighted by Crippen LogP contribution is -2.61. The topological polar surface area (TPSA) is 175 Å². The van der Waals surface area contributed by atoms with E-state index >= 15 is 0 Å². The first kappa shape index (κ1) is 72.9. The number of esters is 1. The summed E-state index contributed by atoms with van der Waals surface area (Å²) in [6, 6.07) is -1.03. The van der Waals surface area contributed by atoms with Crippen LogP contribution in [0.2, 0.25) is 0 Å². The SMILES string of the molecule is CC/C=C\C/C=C\C/C=C\C/C=C\C/C=C\C/C=C\CCCCCCC(=O)OC1C(OCC(NC(=O)C(O)CCCCCCCCCCCCCCC)C(O)/C=C/CCCCCCCCCCCCC)OC(CO)C(O)C1O. The number of amides is 1. The molecule has 0 aromatic rings. The smallest absolute Gasteiger partial charge is 0.306 e. The molecule has 0 bridgehead atoms. The molecule has 0 radical (unpaired) electrons. The lowest BCUT2D eigenvalue weighted by atomic mass is 9.99. The van der Waals surface area contributed by atoms with Crippen molar-refractivity contribution < 1.29 is 49.3 Å². The minimum atomic E-state index is -1.63. The standard InChI is InChI=1S/C67H117NO10/c1-4-7-10-13-16-19-22-25-26-27-28-29-30-31-32-33-34-37-40-43-46-49-52-55-62(72)78-65-64(74)63(73)61(56-69)77-67(65)76-57-58(59(70)53-50-47-44-41-38-35-23-20-17-14-11-8-5-2)68-66(75)60(71)54-51-48-45-42-39-36-24-21-18-15-12-9-6-3/h7,10,16,19,25-26,28-29,31-32,34,37,50,53,58-61,63-65,67,69-71,73-74H,4-6,8-9,11-15,17-18,20-24,27,30,33,35-36,38-49,51-52,54-57H2,1-3H3,(H,68,75)/b10-7-,19-16-,26-25-,29-28-,32-31-,37-34-,53-50+. The van der Waals surface area contributed by atoms with Gasteiger partial charge in [0.2, 0.25) is 5.91 Å². The molecule has 1 saturated heterocycles. The summed E-state index contributed by atoms with van der Waals surface area (Å²) in [5, 5.41) is 57.0. The Kier molecular flexibility index (Phi) is 50.8. The fourth-order valence-electron chi connectivity index (χ4n) is 9.54. The molecule has 8 atom stereocenters. The number of hydrogen-bond donors (Lipinski definition) is 6. The van der Waals surface area contributed by atoms with Crippen molar-refractivity contribution in [3.05, 3.63) is 85.1 Å². The number of rotatable bonds is 53. The summed E-state index contributed by atoms with van der Waals surface area (Å²) in [5.74, 6) is -1.22. The molecular weight excluding hydrogens is 979 g/mol. The molecular formula is C67H117NO10. The highest BCUT2D eigenvalue weighted by Gasteiger charge is 2.47. The van der Waals surface area contributed by atoms with Gasteiger partial charge in [-0.05, 0) is 77.0 Å². The number of aliphatic hydroxyl groups is 5. The minimum Gasteiger partial charge on any atom is -0.454 e. The zero-order chi connectivity index (χ0) is 56.8. The second kappa shape index (κ2) is 54.4. The summed E-state index contributed by atoms with van der Waals surface area (Å²) in [6.45, 7) is 5.67. The molecule has 0 aromatic carbocycles. The van der Waals surface area contributed by atoms with E-state index in [2.05, 4.69) is 99.0 Å². The molecule has 1 aliphatic rings. The maximum atomic E-state index is 13.4. The first-order chi connectivity index (χ1) is 38.2. The van der Waals surface area contributed by atoms with Crippen molar-refractivity contribution in [2.75, 3.05) is 13.2 Å². The number of nitrogens with one attached hydrogen (secondary N) is 1. The Morgan fingerprint density at radius 1 is 0.513 bits per heavy atom. The highest BCUT2D eigenvalue weighted by Crippen LogP contribution is 2.26. The number of carbonyl (C=O) groups excluding carboxylic acids is 2. The van der Waals surface area contributed by atoms with E-state index < -0.39 is 67.4 Å². The van der Waals surface area contributed by atoms with Crippen LogP contribution in [0, 0.1) is 0 Å². The van der Waals surface area contributed by atoms with Crippen LogP contribution in [0.3, 0.4) is 0 Å². The Morgan fingerprint density at radius 3 is 1.38 bits per heavy atom. The normalized spacial score (nSPS) is 19.5. The van der Waals surface area contributed by atoms with Crippen molar-refractivity contribution in [1.29, 1.82) is 0 Å². The third-order valence-corrected chi connectivity index (χ3v) is 14.6. The van der Waals surface area contributed by atoms with Gasteiger partial charge >= 0.3 is 5.97 Å². The Labute approximate surface area is 476 Å². The Balaban J connectivity index is 2.67. The highest BCUT2D eigenvalue weighted by atomic mass is 16.7. The molecule has 1 heterocycles. The zero-order valence-electron chi connectivity index (χ0n) is 49.8. The van der Waals surface area contributed by atoms with Crippen LogP contribution in [0.5, 0.6) is 0 Å². The van der Waals surface area contributed by atoms with E-state index in [0.717, 1.165) is 103 Å². The number of hydrogen-bond acceptors (Lipinski definition) is 10. The van der Waals surface area contributed by atoms with E-state index in [4.69, 9.17) is 14.2 Å². The Morgan fingerprint density at radius 2 is 0.923 bits per heavy atom. The third kappa shape index (κ3) is 41.8. The molecule has 11 heteroatoms. The highest BCUT2D eigenvalue weighted by molar-refractivity contribution is 5.80. The summed E-state index contributed by atoms with van der Waals surface area (Å²) < 4.78 is 17.6. The number of aliphatic hydroxyl groups excluding tert-OH is 5. The lowest BCUT2D eigenvalue weighted by molar-refractivity contribution is -0.305. The van der Waals surface area contributed by atoms with Crippen molar-refractivity contribution in [2.24, 2.45) is 0 Å². The van der Waals surface area contributed by atoms with Crippen molar-refractivity contribution in [3.8, 4) is 0 Å². The van der Waals surface area contributed by atoms with Gasteiger partial charge in [0.25, 0.3) is 0 Å². The van der Waals surface area contributed by atoms with Crippen LogP contribution in [0.4, 0.5) is 0 Å². The third-order valence-electron chi connectivity index (χ3n) is 14.6. The molecule has 1 aliphatic heterocycles. The quantitative estimate of drug-likeness (QED) is 0.0195. The summed E-state index contributed by atoms with van der Waals surface area (Å²) in [4.78, 5) is 26.6. The van der Waals surface area contributed by atoms with Crippen LogP contribution < -0.4 is 5.32 Å². The average Bonchev–Trinajstić information content (AvgIpc) is 3.44. The second-order valence-electron chi connectivity index (χ2n) is 21.8. The maximum Gasteiger partial charge on any atom is 0.306 e. The first-order valence-corrected chi connectivity index (χ1v) is 31.9. The predicted molar refractivity (Wildman–Crippen MR) is 324 cm³/mol. The molecule has 450 valence electrons. The van der Waals surface area contributed by atoms with Crippen molar-refractivity contribution >= 4 is 11.9 Å². The molecule has 0 saturated carbocycles. The van der Waals surface area contributed by atoms with Crippen LogP contribution >= 0.6 is 0 Å². The van der Waals surface area contributed by atoms with Gasteiger partial charge in [-0.2, -0.15) is 0 Å². The van der Waals surface area contributed by atoms with Crippen molar-refractivity contribution in [3.63, 3.8) is 0 Å². The van der Waals surface area contributed by atoms with Crippen LogP contribution in [-0.2, 0) is 23.8 Å². The molecule has 0 aromatic heterocycles. The van der Waals surface area contributed by atoms with Gasteiger partial charge < -0.3 is 45.1 Å². The van der Waals surface area contributed by atoms with Gasteiger partial charge in [0.15, 0.2) is 12.4 Å². The van der Waals surface area contributed by atoms with E-state index in [1.54, 1.807) is 6.08 Å². The van der Waals surface area contributed by atoms with Gasteiger partial charge in [-0.15, -0.1) is 0 Å². The zero-order valence-corrected chi connectivity index (χ0v) is 49.8. The summed E-state index contributed by atoms with van der Waals surface area (Å²) in [6.07, 6.45) is 60.4. The van der Waals surface area contributed by atoms with Gasteiger partial charge in [0.05, 0.1) is 25.4 Å². The molecule has 1 rings (SSSR count). The van der Waals surface area contributed by atoms with Crippen LogP contribution in [-0.4, -0.2) is 99.6 Å². The van der Waals surface area contributed by atoms with Gasteiger partial charge in [-0.1, -0.05) is 266 Å². The molecule has 1 fully saturated rings. The molecule has 1 amide bonds. The first-order valence-electron chi connectivity index (χ1n) is 31.9. The van der Waals surface area contributed by atoms with Gasteiger partial charge in [0.1, 0.15) is 24.4 Å².